The molecule has 0 saturated carbocycles. The summed E-state index contributed by atoms with van der Waals surface area (Å²) < 4.78 is 0. The molecule has 76 valence electrons. The summed E-state index contributed by atoms with van der Waals surface area (Å²) in [5.41, 5.74) is 5.40. The summed E-state index contributed by atoms with van der Waals surface area (Å²) in [7, 11) is 0. The lowest BCUT2D eigenvalue weighted by atomic mass is 10.3. The van der Waals surface area contributed by atoms with Gasteiger partial charge in [-0.25, -0.2) is 9.97 Å². The second-order valence-electron chi connectivity index (χ2n) is 2.63. The molecule has 0 amide bonds. The molecule has 0 fully saturated rings. The van der Waals surface area contributed by atoms with Crippen LogP contribution in [0.1, 0.15) is 6.92 Å². The third-order valence-corrected chi connectivity index (χ3v) is 1.91. The third-order valence-electron chi connectivity index (χ3n) is 1.54. The van der Waals surface area contributed by atoms with Crippen molar-refractivity contribution in [2.24, 2.45) is 0 Å². The number of hydrogen-bond donors (Lipinski definition) is 3. The van der Waals surface area contributed by atoms with E-state index in [9.17, 15) is 4.79 Å². The zero-order valence-electron chi connectivity index (χ0n) is 7.36. The monoisotopic (exact) mass is 216 g/mol. The maximum absolute atomic E-state index is 10.5. The van der Waals surface area contributed by atoms with E-state index in [-0.39, 0.29) is 16.7 Å². The van der Waals surface area contributed by atoms with Crippen molar-refractivity contribution in [1.29, 1.82) is 0 Å². The Bertz CT molecular complexity index is 358. The second kappa shape index (κ2) is 4.10. The maximum Gasteiger partial charge on any atom is 0.325 e. The molecule has 1 heterocycles. The minimum absolute atomic E-state index is 0.113. The molecule has 1 atom stereocenters. The summed E-state index contributed by atoms with van der Waals surface area (Å²) in [5, 5.41) is 11.3. The van der Waals surface area contributed by atoms with E-state index in [1.54, 1.807) is 0 Å². The average molecular weight is 217 g/mol. The van der Waals surface area contributed by atoms with Crippen LogP contribution in [0.2, 0.25) is 5.02 Å². The van der Waals surface area contributed by atoms with Crippen LogP contribution in [0.3, 0.4) is 0 Å². The summed E-state index contributed by atoms with van der Waals surface area (Å²) >= 11 is 5.74. The topological polar surface area (TPSA) is 101 Å². The number of nitrogens with two attached hydrogens (primary N) is 1. The van der Waals surface area contributed by atoms with Gasteiger partial charge in [0.05, 0.1) is 0 Å². The van der Waals surface area contributed by atoms with Crippen LogP contribution in [0.25, 0.3) is 0 Å². The van der Waals surface area contributed by atoms with Crippen molar-refractivity contribution >= 4 is 29.2 Å². The Morgan fingerprint density at radius 1 is 1.71 bits per heavy atom. The summed E-state index contributed by atoms with van der Waals surface area (Å²) in [5.74, 6) is -0.672. The number of rotatable bonds is 3. The fourth-order valence-electron chi connectivity index (χ4n) is 0.751. The highest BCUT2D eigenvalue weighted by Crippen LogP contribution is 2.23. The predicted molar refractivity (Wildman–Crippen MR) is 52.2 cm³/mol. The van der Waals surface area contributed by atoms with Crippen LogP contribution in [-0.2, 0) is 4.79 Å². The average Bonchev–Trinajstić information content (AvgIpc) is 2.12. The van der Waals surface area contributed by atoms with Crippen molar-refractivity contribution in [3.05, 3.63) is 11.3 Å². The van der Waals surface area contributed by atoms with Crippen LogP contribution in [0.15, 0.2) is 6.33 Å². The standard InChI is InChI=1S/C7H9ClN4O2/c1-3(7(13)14)12-6-4(8)5(9)10-2-11-6/h2-3H,1H3,(H,13,14)(H3,9,10,11,12). The molecule has 0 aliphatic heterocycles. The van der Waals surface area contributed by atoms with Crippen LogP contribution in [0, 0.1) is 0 Å². The van der Waals surface area contributed by atoms with E-state index in [0.717, 1.165) is 0 Å². The number of nitrogens with zero attached hydrogens (tertiary/aromatic N) is 2. The Morgan fingerprint density at radius 3 is 2.93 bits per heavy atom. The zero-order valence-corrected chi connectivity index (χ0v) is 8.12. The summed E-state index contributed by atoms with van der Waals surface area (Å²) in [6.45, 7) is 1.47. The number of nitrogens with one attached hydrogen (secondary N) is 1. The van der Waals surface area contributed by atoms with E-state index in [1.165, 1.54) is 13.3 Å². The van der Waals surface area contributed by atoms with E-state index in [2.05, 4.69) is 15.3 Å². The highest BCUT2D eigenvalue weighted by molar-refractivity contribution is 6.35. The maximum atomic E-state index is 10.5. The molecule has 0 aliphatic carbocycles. The van der Waals surface area contributed by atoms with Crippen molar-refractivity contribution in [2.45, 2.75) is 13.0 Å². The van der Waals surface area contributed by atoms with E-state index < -0.39 is 12.0 Å². The van der Waals surface area contributed by atoms with E-state index in [0.29, 0.717) is 0 Å². The highest BCUT2D eigenvalue weighted by Gasteiger charge is 2.14. The molecule has 1 aromatic rings. The van der Waals surface area contributed by atoms with Crippen LogP contribution >= 0.6 is 11.6 Å². The first kappa shape index (κ1) is 10.5. The van der Waals surface area contributed by atoms with E-state index in [4.69, 9.17) is 22.4 Å². The predicted octanol–water partition coefficient (Wildman–Crippen LogP) is 0.597. The van der Waals surface area contributed by atoms with Gasteiger partial charge < -0.3 is 16.2 Å². The zero-order chi connectivity index (χ0) is 10.7. The van der Waals surface area contributed by atoms with Crippen LogP contribution in [0.4, 0.5) is 11.6 Å². The molecular weight excluding hydrogens is 208 g/mol. The lowest BCUT2D eigenvalue weighted by Gasteiger charge is -2.11. The van der Waals surface area contributed by atoms with Crippen LogP contribution < -0.4 is 11.1 Å². The molecule has 0 aliphatic rings. The highest BCUT2D eigenvalue weighted by atomic mass is 35.5. The Morgan fingerprint density at radius 2 is 2.36 bits per heavy atom. The summed E-state index contributed by atoms with van der Waals surface area (Å²) in [6, 6.07) is -0.790. The number of carbonyl (C=O) groups is 1. The number of anilines is 2. The second-order valence-corrected chi connectivity index (χ2v) is 3.00. The van der Waals surface area contributed by atoms with Crippen molar-refractivity contribution in [2.75, 3.05) is 11.1 Å². The van der Waals surface area contributed by atoms with Crippen molar-refractivity contribution in [3.63, 3.8) is 0 Å². The van der Waals surface area contributed by atoms with Gasteiger partial charge in [0.15, 0.2) is 5.82 Å². The Balaban J connectivity index is 2.87. The molecule has 1 aromatic heterocycles. The molecule has 4 N–H and O–H groups in total. The van der Waals surface area contributed by atoms with Gasteiger partial charge >= 0.3 is 5.97 Å². The summed E-state index contributed by atoms with van der Waals surface area (Å²) in [4.78, 5) is 17.9. The number of carboxylic acids is 1. The first-order valence-electron chi connectivity index (χ1n) is 3.77. The molecule has 14 heavy (non-hydrogen) atoms. The number of aromatic nitrogens is 2. The Labute approximate surface area is 85.1 Å². The summed E-state index contributed by atoms with van der Waals surface area (Å²) in [6.07, 6.45) is 1.21. The van der Waals surface area contributed by atoms with Gasteiger partial charge in [-0.1, -0.05) is 11.6 Å². The number of aliphatic carboxylic acids is 1. The first-order chi connectivity index (χ1) is 6.52. The lowest BCUT2D eigenvalue weighted by Crippen LogP contribution is -2.26. The third kappa shape index (κ3) is 2.23. The molecule has 0 radical (unpaired) electrons. The fourth-order valence-corrected chi connectivity index (χ4v) is 0.903. The number of nitrogen functional groups attached to an aromatic ring is 1. The minimum atomic E-state index is -1.00. The molecule has 0 saturated heterocycles. The smallest absolute Gasteiger partial charge is 0.325 e. The quantitative estimate of drug-likeness (QED) is 0.684. The SMILES string of the molecule is CC(Nc1ncnc(N)c1Cl)C(=O)O. The number of halogens is 1. The van der Waals surface area contributed by atoms with Crippen LogP contribution in [-0.4, -0.2) is 27.1 Å². The van der Waals surface area contributed by atoms with Gasteiger partial charge in [0.1, 0.15) is 23.2 Å². The van der Waals surface area contributed by atoms with Crippen molar-refractivity contribution in [3.8, 4) is 0 Å². The minimum Gasteiger partial charge on any atom is -0.480 e. The van der Waals surface area contributed by atoms with Gasteiger partial charge in [0.25, 0.3) is 0 Å². The molecule has 1 unspecified atom stereocenters. The molecule has 1 rings (SSSR count). The van der Waals surface area contributed by atoms with E-state index >= 15 is 0 Å². The van der Waals surface area contributed by atoms with Gasteiger partial charge in [0.2, 0.25) is 0 Å². The van der Waals surface area contributed by atoms with Crippen LogP contribution in [0.5, 0.6) is 0 Å². The Hall–Kier alpha value is -1.56. The molecule has 0 aromatic carbocycles. The lowest BCUT2D eigenvalue weighted by molar-refractivity contribution is -0.137. The number of carboxylic acid groups (broad SMARTS) is 1. The largest absolute Gasteiger partial charge is 0.480 e. The van der Waals surface area contributed by atoms with Gasteiger partial charge in [-0.2, -0.15) is 0 Å². The normalized spacial score (nSPS) is 12.1. The molecule has 7 heteroatoms. The molecule has 0 spiro atoms. The van der Waals surface area contributed by atoms with Gasteiger partial charge in [-0.15, -0.1) is 0 Å². The number of hydrogen-bond acceptors (Lipinski definition) is 5. The van der Waals surface area contributed by atoms with Gasteiger partial charge in [-0.3, -0.25) is 4.79 Å². The van der Waals surface area contributed by atoms with E-state index in [1.807, 2.05) is 0 Å². The van der Waals surface area contributed by atoms with Gasteiger partial charge in [0, 0.05) is 0 Å². The molecular formula is C7H9ClN4O2. The first-order valence-corrected chi connectivity index (χ1v) is 4.15. The molecule has 0 bridgehead atoms. The fraction of sp³-hybridized carbons (Fsp3) is 0.286. The van der Waals surface area contributed by atoms with Crippen molar-refractivity contribution < 1.29 is 9.90 Å². The van der Waals surface area contributed by atoms with Crippen molar-refractivity contribution in [1.82, 2.24) is 9.97 Å². The van der Waals surface area contributed by atoms with Gasteiger partial charge in [-0.05, 0) is 6.92 Å². The Kier molecular flexibility index (Phi) is 3.08. The molecule has 6 nitrogen and oxygen atoms in total.